The number of ether oxygens (including phenoxy) is 1. The topological polar surface area (TPSA) is 32.8 Å². The first-order chi connectivity index (χ1) is 9.74. The Morgan fingerprint density at radius 2 is 1.95 bits per heavy atom. The van der Waals surface area contributed by atoms with Gasteiger partial charge < -0.3 is 9.64 Å². The number of hydrogen-bond donors (Lipinski definition) is 0. The molecule has 0 atom stereocenters. The highest BCUT2D eigenvalue weighted by Crippen LogP contribution is 2.12. The molecule has 4 heteroatoms. The lowest BCUT2D eigenvalue weighted by molar-refractivity contribution is 0.0341. The monoisotopic (exact) mass is 276 g/mol. The third kappa shape index (κ3) is 3.81. The van der Waals surface area contributed by atoms with E-state index in [1.165, 1.54) is 5.56 Å². The molecule has 1 aromatic rings. The number of morpholine rings is 1. The van der Waals surface area contributed by atoms with Crippen LogP contribution in [0.15, 0.2) is 24.3 Å². The molecule has 1 aliphatic heterocycles. The average Bonchev–Trinajstić information content (AvgIpc) is 2.49. The maximum Gasteiger partial charge on any atom is 0.253 e. The van der Waals surface area contributed by atoms with E-state index in [1.807, 2.05) is 36.9 Å². The van der Waals surface area contributed by atoms with Crippen LogP contribution in [0.5, 0.6) is 0 Å². The number of hydrogen-bond acceptors (Lipinski definition) is 3. The van der Waals surface area contributed by atoms with Crippen molar-refractivity contribution in [2.75, 3.05) is 39.4 Å². The van der Waals surface area contributed by atoms with E-state index in [2.05, 4.69) is 11.0 Å². The van der Waals surface area contributed by atoms with Crippen LogP contribution in [0.3, 0.4) is 0 Å². The summed E-state index contributed by atoms with van der Waals surface area (Å²) in [6.45, 7) is 9.96. The fourth-order valence-electron chi connectivity index (χ4n) is 2.51. The Morgan fingerprint density at radius 3 is 2.60 bits per heavy atom. The summed E-state index contributed by atoms with van der Waals surface area (Å²) in [6.07, 6.45) is 0. The first-order valence-electron chi connectivity index (χ1n) is 7.43. The zero-order chi connectivity index (χ0) is 14.4. The van der Waals surface area contributed by atoms with E-state index in [9.17, 15) is 4.79 Å². The maximum atomic E-state index is 12.3. The van der Waals surface area contributed by atoms with E-state index >= 15 is 0 Å². The first-order valence-corrected chi connectivity index (χ1v) is 7.43. The predicted molar refractivity (Wildman–Crippen MR) is 79.8 cm³/mol. The summed E-state index contributed by atoms with van der Waals surface area (Å²) in [7, 11) is 0. The minimum atomic E-state index is 0.124. The number of nitrogens with zero attached hydrogens (tertiary/aromatic N) is 2. The quantitative estimate of drug-likeness (QED) is 0.824. The normalized spacial score (nSPS) is 16.1. The molecule has 0 spiro atoms. The number of amides is 1. The standard InChI is InChI=1S/C16H24N2O2/c1-3-18(4-2)16(19)15-7-5-6-14(12-15)13-17-8-10-20-11-9-17/h5-7,12H,3-4,8-11,13H2,1-2H3. The SMILES string of the molecule is CCN(CC)C(=O)c1cccc(CN2CCOCC2)c1. The predicted octanol–water partition coefficient (Wildman–Crippen LogP) is 2.00. The molecule has 2 rings (SSSR count). The van der Waals surface area contributed by atoms with Crippen LogP contribution in [0.2, 0.25) is 0 Å². The van der Waals surface area contributed by atoms with Gasteiger partial charge >= 0.3 is 0 Å². The highest BCUT2D eigenvalue weighted by molar-refractivity contribution is 5.94. The van der Waals surface area contributed by atoms with Gasteiger partial charge in [0.1, 0.15) is 0 Å². The molecule has 0 aromatic heterocycles. The van der Waals surface area contributed by atoms with Gasteiger partial charge in [-0.1, -0.05) is 12.1 Å². The fraction of sp³-hybridized carbons (Fsp3) is 0.562. The van der Waals surface area contributed by atoms with Crippen LogP contribution in [0, 0.1) is 0 Å². The molecule has 0 unspecified atom stereocenters. The van der Waals surface area contributed by atoms with E-state index in [1.54, 1.807) is 0 Å². The lowest BCUT2D eigenvalue weighted by Crippen LogP contribution is -2.35. The molecule has 1 fully saturated rings. The Balaban J connectivity index is 2.05. The van der Waals surface area contributed by atoms with Crippen LogP contribution in [0.1, 0.15) is 29.8 Å². The van der Waals surface area contributed by atoms with E-state index in [0.29, 0.717) is 0 Å². The summed E-state index contributed by atoms with van der Waals surface area (Å²) < 4.78 is 5.36. The van der Waals surface area contributed by atoms with E-state index < -0.39 is 0 Å². The van der Waals surface area contributed by atoms with Crippen molar-refractivity contribution in [3.8, 4) is 0 Å². The Bertz CT molecular complexity index is 438. The zero-order valence-electron chi connectivity index (χ0n) is 12.5. The molecule has 1 saturated heterocycles. The molecule has 1 amide bonds. The first kappa shape index (κ1) is 15.0. The van der Waals surface area contributed by atoms with E-state index in [-0.39, 0.29) is 5.91 Å². The minimum absolute atomic E-state index is 0.124. The lowest BCUT2D eigenvalue weighted by atomic mass is 10.1. The molecular weight excluding hydrogens is 252 g/mol. The molecule has 110 valence electrons. The van der Waals surface area contributed by atoms with Crippen molar-refractivity contribution in [2.24, 2.45) is 0 Å². The molecule has 1 aliphatic rings. The molecule has 0 bridgehead atoms. The maximum absolute atomic E-state index is 12.3. The van der Waals surface area contributed by atoms with Crippen molar-refractivity contribution < 1.29 is 9.53 Å². The number of carbonyl (C=O) groups excluding carboxylic acids is 1. The van der Waals surface area contributed by atoms with Gasteiger partial charge in [-0.15, -0.1) is 0 Å². The molecule has 0 N–H and O–H groups in total. The van der Waals surface area contributed by atoms with Gasteiger partial charge in [0, 0.05) is 38.3 Å². The Hall–Kier alpha value is -1.39. The summed E-state index contributed by atoms with van der Waals surface area (Å²) >= 11 is 0. The molecule has 0 saturated carbocycles. The Labute approximate surface area is 121 Å². The van der Waals surface area contributed by atoms with Crippen LogP contribution in [0.4, 0.5) is 0 Å². The third-order valence-electron chi connectivity index (χ3n) is 3.73. The molecule has 20 heavy (non-hydrogen) atoms. The molecular formula is C16H24N2O2. The molecule has 4 nitrogen and oxygen atoms in total. The Kier molecular flexibility index (Phi) is 5.56. The highest BCUT2D eigenvalue weighted by Gasteiger charge is 2.14. The van der Waals surface area contributed by atoms with Gasteiger partial charge in [-0.2, -0.15) is 0 Å². The highest BCUT2D eigenvalue weighted by atomic mass is 16.5. The van der Waals surface area contributed by atoms with Gasteiger partial charge in [0.15, 0.2) is 0 Å². The van der Waals surface area contributed by atoms with Gasteiger partial charge in [0.2, 0.25) is 0 Å². The zero-order valence-corrected chi connectivity index (χ0v) is 12.5. The fourth-order valence-corrected chi connectivity index (χ4v) is 2.51. The van der Waals surface area contributed by atoms with Crippen molar-refractivity contribution in [3.05, 3.63) is 35.4 Å². The molecule has 1 aromatic carbocycles. The largest absolute Gasteiger partial charge is 0.379 e. The lowest BCUT2D eigenvalue weighted by Gasteiger charge is -2.26. The smallest absolute Gasteiger partial charge is 0.253 e. The number of benzene rings is 1. The second-order valence-electron chi connectivity index (χ2n) is 5.07. The van der Waals surface area contributed by atoms with E-state index in [0.717, 1.165) is 51.5 Å². The van der Waals surface area contributed by atoms with Crippen LogP contribution < -0.4 is 0 Å². The minimum Gasteiger partial charge on any atom is -0.379 e. The second-order valence-corrected chi connectivity index (χ2v) is 5.07. The van der Waals surface area contributed by atoms with Crippen molar-refractivity contribution in [1.29, 1.82) is 0 Å². The van der Waals surface area contributed by atoms with Gasteiger partial charge in [0.25, 0.3) is 5.91 Å². The summed E-state index contributed by atoms with van der Waals surface area (Å²) in [4.78, 5) is 16.6. The summed E-state index contributed by atoms with van der Waals surface area (Å²) in [6, 6.07) is 8.00. The van der Waals surface area contributed by atoms with Crippen molar-refractivity contribution in [1.82, 2.24) is 9.80 Å². The Morgan fingerprint density at radius 1 is 1.25 bits per heavy atom. The molecule has 1 heterocycles. The van der Waals surface area contributed by atoms with E-state index in [4.69, 9.17) is 4.74 Å². The third-order valence-corrected chi connectivity index (χ3v) is 3.73. The van der Waals surface area contributed by atoms with Crippen molar-refractivity contribution >= 4 is 5.91 Å². The van der Waals surface area contributed by atoms with Crippen LogP contribution >= 0.6 is 0 Å². The van der Waals surface area contributed by atoms with Crippen LogP contribution in [0.25, 0.3) is 0 Å². The average molecular weight is 276 g/mol. The van der Waals surface area contributed by atoms with Gasteiger partial charge in [-0.3, -0.25) is 9.69 Å². The summed E-state index contributed by atoms with van der Waals surface area (Å²) in [5.74, 6) is 0.124. The second kappa shape index (κ2) is 7.41. The summed E-state index contributed by atoms with van der Waals surface area (Å²) in [5.41, 5.74) is 1.99. The van der Waals surface area contributed by atoms with Gasteiger partial charge in [-0.05, 0) is 31.5 Å². The van der Waals surface area contributed by atoms with Crippen LogP contribution in [-0.2, 0) is 11.3 Å². The van der Waals surface area contributed by atoms with Crippen LogP contribution in [-0.4, -0.2) is 55.1 Å². The van der Waals surface area contributed by atoms with Crippen molar-refractivity contribution in [3.63, 3.8) is 0 Å². The van der Waals surface area contributed by atoms with Gasteiger partial charge in [0.05, 0.1) is 13.2 Å². The molecule has 0 radical (unpaired) electrons. The van der Waals surface area contributed by atoms with Gasteiger partial charge in [-0.25, -0.2) is 0 Å². The number of rotatable bonds is 5. The summed E-state index contributed by atoms with van der Waals surface area (Å²) in [5, 5.41) is 0. The number of carbonyl (C=O) groups is 1. The molecule has 0 aliphatic carbocycles. The van der Waals surface area contributed by atoms with Crippen molar-refractivity contribution in [2.45, 2.75) is 20.4 Å².